The molecule has 0 aromatic carbocycles. The molecule has 9 N–H and O–H groups in total. The van der Waals surface area contributed by atoms with E-state index in [0.29, 0.717) is 0 Å². The fourth-order valence-corrected chi connectivity index (χ4v) is 3.84. The topological polar surface area (TPSA) is 228 Å². The van der Waals surface area contributed by atoms with E-state index in [4.69, 9.17) is 23.7 Å². The molecule has 3 fully saturated rings. The standard InChI is InChI=1S/C18H32O14/c1-4-7(19)9(21)13(25)17(29-4)28-3-6-15(11(23)12(24)16(27)31-6)32-18-14(26)10(22)8(20)5(2)30-18/h4-27H,3H2,1-2H3/t4-,5-,6+,7-,8-,9+,10+,11+,12+,13+,14+,15+,16+,17+,18-/m0/s1. The van der Waals surface area contributed by atoms with E-state index < -0.39 is 98.7 Å². The molecule has 0 radical (unpaired) electrons. The summed E-state index contributed by atoms with van der Waals surface area (Å²) in [5.41, 5.74) is 0. The van der Waals surface area contributed by atoms with Crippen molar-refractivity contribution in [2.75, 3.05) is 6.61 Å². The molecule has 0 spiro atoms. The lowest BCUT2D eigenvalue weighted by atomic mass is 9.97. The Kier molecular flexibility index (Phi) is 8.44. The Morgan fingerprint density at radius 1 is 0.562 bits per heavy atom. The predicted molar refractivity (Wildman–Crippen MR) is 98.4 cm³/mol. The molecule has 188 valence electrons. The normalized spacial score (nSPS) is 55.0. The highest BCUT2D eigenvalue weighted by molar-refractivity contribution is 4.94. The van der Waals surface area contributed by atoms with Gasteiger partial charge in [0.15, 0.2) is 18.9 Å². The molecule has 15 atom stereocenters. The van der Waals surface area contributed by atoms with E-state index in [2.05, 4.69) is 0 Å². The van der Waals surface area contributed by atoms with Crippen LogP contribution in [0.5, 0.6) is 0 Å². The molecule has 0 aromatic rings. The lowest BCUT2D eigenvalue weighted by molar-refractivity contribution is -0.360. The molecule has 0 saturated carbocycles. The number of ether oxygens (including phenoxy) is 5. The summed E-state index contributed by atoms with van der Waals surface area (Å²) < 4.78 is 26.8. The van der Waals surface area contributed by atoms with Gasteiger partial charge in [0, 0.05) is 0 Å². The van der Waals surface area contributed by atoms with E-state index >= 15 is 0 Å². The zero-order chi connectivity index (χ0) is 23.9. The van der Waals surface area contributed by atoms with E-state index in [1.165, 1.54) is 13.8 Å². The van der Waals surface area contributed by atoms with Crippen molar-refractivity contribution in [3.05, 3.63) is 0 Å². The van der Waals surface area contributed by atoms with E-state index in [0.717, 1.165) is 0 Å². The Hall–Kier alpha value is -0.560. The molecule has 3 saturated heterocycles. The van der Waals surface area contributed by atoms with Crippen LogP contribution in [-0.4, -0.2) is 145 Å². The first kappa shape index (κ1) is 26.1. The van der Waals surface area contributed by atoms with Gasteiger partial charge in [0.2, 0.25) is 0 Å². The molecule has 14 heteroatoms. The number of hydrogen-bond acceptors (Lipinski definition) is 14. The summed E-state index contributed by atoms with van der Waals surface area (Å²) in [6, 6.07) is 0. The van der Waals surface area contributed by atoms with E-state index in [1.54, 1.807) is 0 Å². The number of hydrogen-bond donors (Lipinski definition) is 9. The highest BCUT2D eigenvalue weighted by Crippen LogP contribution is 2.30. The van der Waals surface area contributed by atoms with Gasteiger partial charge in [-0.3, -0.25) is 0 Å². The Labute approximate surface area is 183 Å². The smallest absolute Gasteiger partial charge is 0.187 e. The molecule has 32 heavy (non-hydrogen) atoms. The first-order valence-electron chi connectivity index (χ1n) is 10.3. The monoisotopic (exact) mass is 472 g/mol. The Balaban J connectivity index is 1.70. The molecule has 14 nitrogen and oxygen atoms in total. The summed E-state index contributed by atoms with van der Waals surface area (Å²) in [7, 11) is 0. The molecule has 0 aromatic heterocycles. The highest BCUT2D eigenvalue weighted by atomic mass is 16.7. The Bertz CT molecular complexity index is 610. The van der Waals surface area contributed by atoms with Crippen LogP contribution >= 0.6 is 0 Å². The van der Waals surface area contributed by atoms with Gasteiger partial charge in [0.25, 0.3) is 0 Å². The van der Waals surface area contributed by atoms with Crippen LogP contribution in [0.2, 0.25) is 0 Å². The molecule has 3 rings (SSSR count). The maximum atomic E-state index is 10.4. The van der Waals surface area contributed by atoms with Crippen molar-refractivity contribution in [1.82, 2.24) is 0 Å². The zero-order valence-electron chi connectivity index (χ0n) is 17.4. The second kappa shape index (κ2) is 10.4. The van der Waals surface area contributed by atoms with Crippen molar-refractivity contribution < 1.29 is 69.6 Å². The minimum absolute atomic E-state index is 0.494. The van der Waals surface area contributed by atoms with Crippen molar-refractivity contribution in [1.29, 1.82) is 0 Å². The largest absolute Gasteiger partial charge is 0.388 e. The SMILES string of the molecule is C[C@@H]1O[C@@H](OC[C@H]2O[C@@H](O)[C@H](O)[C@@H](O)[C@@H]2O[C@@H]2O[C@@H](C)[C@H](O)[C@@H](O)[C@H]2O)[C@H](O)[C@H](O)[C@H]1O. The molecular formula is C18H32O14. The second-order valence-electron chi connectivity index (χ2n) is 8.34. The van der Waals surface area contributed by atoms with Gasteiger partial charge < -0.3 is 69.6 Å². The number of rotatable bonds is 5. The van der Waals surface area contributed by atoms with Crippen LogP contribution < -0.4 is 0 Å². The van der Waals surface area contributed by atoms with Crippen LogP contribution in [0.1, 0.15) is 13.8 Å². The third-order valence-corrected chi connectivity index (χ3v) is 5.99. The van der Waals surface area contributed by atoms with Gasteiger partial charge in [-0.15, -0.1) is 0 Å². The van der Waals surface area contributed by atoms with Gasteiger partial charge in [0.1, 0.15) is 61.0 Å². The zero-order valence-corrected chi connectivity index (χ0v) is 17.4. The lowest BCUT2D eigenvalue weighted by Crippen LogP contribution is -2.64. The highest BCUT2D eigenvalue weighted by Gasteiger charge is 2.50. The molecule has 3 aliphatic rings. The van der Waals surface area contributed by atoms with Gasteiger partial charge in [-0.1, -0.05) is 0 Å². The maximum absolute atomic E-state index is 10.4. The van der Waals surface area contributed by atoms with Crippen molar-refractivity contribution in [3.8, 4) is 0 Å². The minimum Gasteiger partial charge on any atom is -0.388 e. The predicted octanol–water partition coefficient (Wildman–Crippen LogP) is -5.52. The summed E-state index contributed by atoms with van der Waals surface area (Å²) in [6.07, 6.45) is -22.1. The van der Waals surface area contributed by atoms with Crippen molar-refractivity contribution >= 4 is 0 Å². The summed E-state index contributed by atoms with van der Waals surface area (Å²) in [6.45, 7) is 2.38. The quantitative estimate of drug-likeness (QED) is 0.182. The first-order valence-corrected chi connectivity index (χ1v) is 10.3. The first-order chi connectivity index (χ1) is 14.9. The van der Waals surface area contributed by atoms with Crippen molar-refractivity contribution in [2.24, 2.45) is 0 Å². The third kappa shape index (κ3) is 5.08. The van der Waals surface area contributed by atoms with Gasteiger partial charge in [-0.25, -0.2) is 0 Å². The number of aliphatic hydroxyl groups excluding tert-OH is 9. The van der Waals surface area contributed by atoms with Crippen LogP contribution in [0, 0.1) is 0 Å². The molecule has 0 amide bonds. The summed E-state index contributed by atoms with van der Waals surface area (Å²) >= 11 is 0. The second-order valence-corrected chi connectivity index (χ2v) is 8.34. The molecule has 3 heterocycles. The van der Waals surface area contributed by atoms with Crippen LogP contribution in [0.3, 0.4) is 0 Å². The van der Waals surface area contributed by atoms with Crippen molar-refractivity contribution in [2.45, 2.75) is 106 Å². The summed E-state index contributed by atoms with van der Waals surface area (Å²) in [5, 5.41) is 89.9. The number of aliphatic hydroxyl groups is 9. The minimum atomic E-state index is -1.83. The molecule has 3 aliphatic heterocycles. The van der Waals surface area contributed by atoms with Crippen LogP contribution in [-0.2, 0) is 23.7 Å². The fraction of sp³-hybridized carbons (Fsp3) is 1.00. The Morgan fingerprint density at radius 3 is 1.62 bits per heavy atom. The average molecular weight is 472 g/mol. The molecule has 0 aliphatic carbocycles. The van der Waals surface area contributed by atoms with Gasteiger partial charge in [-0.05, 0) is 13.8 Å². The van der Waals surface area contributed by atoms with Crippen molar-refractivity contribution in [3.63, 3.8) is 0 Å². The van der Waals surface area contributed by atoms with Crippen LogP contribution in [0.15, 0.2) is 0 Å². The Morgan fingerprint density at radius 2 is 1.06 bits per heavy atom. The van der Waals surface area contributed by atoms with Gasteiger partial charge in [0.05, 0.1) is 18.8 Å². The molecule has 0 unspecified atom stereocenters. The van der Waals surface area contributed by atoms with Crippen LogP contribution in [0.4, 0.5) is 0 Å². The molecular weight excluding hydrogens is 440 g/mol. The summed E-state index contributed by atoms with van der Waals surface area (Å²) in [5.74, 6) is 0. The van der Waals surface area contributed by atoms with Gasteiger partial charge in [-0.2, -0.15) is 0 Å². The summed E-state index contributed by atoms with van der Waals surface area (Å²) in [4.78, 5) is 0. The average Bonchev–Trinajstić information content (AvgIpc) is 2.76. The van der Waals surface area contributed by atoms with E-state index in [1.807, 2.05) is 0 Å². The fourth-order valence-electron chi connectivity index (χ4n) is 3.84. The molecule has 0 bridgehead atoms. The van der Waals surface area contributed by atoms with Crippen LogP contribution in [0.25, 0.3) is 0 Å². The van der Waals surface area contributed by atoms with Gasteiger partial charge >= 0.3 is 0 Å². The maximum Gasteiger partial charge on any atom is 0.187 e. The lowest BCUT2D eigenvalue weighted by Gasteiger charge is -2.45. The van der Waals surface area contributed by atoms with E-state index in [9.17, 15) is 46.0 Å². The third-order valence-electron chi connectivity index (χ3n) is 5.99. The van der Waals surface area contributed by atoms with E-state index in [-0.39, 0.29) is 0 Å².